The Balaban J connectivity index is 2.76. The number of carboxylic acid groups (broad SMARTS) is 1. The van der Waals surface area contributed by atoms with Gasteiger partial charge in [-0.1, -0.05) is 30.3 Å². The van der Waals surface area contributed by atoms with E-state index in [1.165, 1.54) is 0 Å². The van der Waals surface area contributed by atoms with Crippen LogP contribution in [0.5, 0.6) is 0 Å². The maximum Gasteiger partial charge on any atom is 0.305 e. The minimum Gasteiger partial charge on any atom is -0.481 e. The van der Waals surface area contributed by atoms with Crippen LogP contribution in [0.2, 0.25) is 0 Å². The van der Waals surface area contributed by atoms with Gasteiger partial charge in [0.2, 0.25) is 0 Å². The predicted octanol–water partition coefficient (Wildman–Crippen LogP) is 2.46. The van der Waals surface area contributed by atoms with Gasteiger partial charge in [-0.15, -0.1) is 0 Å². The van der Waals surface area contributed by atoms with Crippen LogP contribution in [0.15, 0.2) is 30.3 Å². The number of hydrogen-bond donors (Lipinski definition) is 1. The van der Waals surface area contributed by atoms with Gasteiger partial charge in [0.05, 0.1) is 19.1 Å². The van der Waals surface area contributed by atoms with Crippen LogP contribution >= 0.6 is 16.1 Å². The van der Waals surface area contributed by atoms with E-state index in [0.29, 0.717) is 13.2 Å². The highest BCUT2D eigenvalue weighted by Gasteiger charge is 2.21. The first-order chi connectivity index (χ1) is 8.15. The Morgan fingerprint density at radius 2 is 2.12 bits per heavy atom. The first-order valence-corrected chi connectivity index (χ1v) is 6.04. The maximum atomic E-state index is 10.9. The number of aliphatic carboxylic acids is 1. The Bertz CT molecular complexity index is 345. The Morgan fingerprint density at radius 1 is 1.47 bits per heavy atom. The summed E-state index contributed by atoms with van der Waals surface area (Å²) in [5.41, 5.74) is 0.975. The largest absolute Gasteiger partial charge is 0.481 e. The molecule has 0 bridgehead atoms. The molecule has 0 aromatic heterocycles. The van der Waals surface area contributed by atoms with E-state index in [-0.39, 0.29) is 12.5 Å². The number of carbonyl (C=O) groups is 1. The molecule has 4 nitrogen and oxygen atoms in total. The number of benzene rings is 1. The molecular formula is C12H16BrNO3. The summed E-state index contributed by atoms with van der Waals surface area (Å²) in [7, 11) is 1.62. The van der Waals surface area contributed by atoms with E-state index in [1.54, 1.807) is 7.11 Å². The fraction of sp³-hybridized carbons (Fsp3) is 0.417. The topological polar surface area (TPSA) is 49.8 Å². The van der Waals surface area contributed by atoms with Crippen LogP contribution in [0.4, 0.5) is 0 Å². The molecule has 0 aliphatic heterocycles. The van der Waals surface area contributed by atoms with Crippen LogP contribution in [0.25, 0.3) is 0 Å². The van der Waals surface area contributed by atoms with Crippen molar-refractivity contribution in [3.8, 4) is 0 Å². The zero-order chi connectivity index (χ0) is 12.7. The standard InChI is InChI=1S/C12H16BrNO3/c1-17-8-7-14(13)11(9-12(15)16)10-5-3-2-4-6-10/h2-6,11H,7-9H2,1H3,(H,15,16). The Morgan fingerprint density at radius 3 is 2.65 bits per heavy atom. The molecule has 0 fully saturated rings. The summed E-state index contributed by atoms with van der Waals surface area (Å²) in [4.78, 5) is 10.9. The van der Waals surface area contributed by atoms with Crippen LogP contribution in [-0.2, 0) is 9.53 Å². The molecule has 0 radical (unpaired) electrons. The van der Waals surface area contributed by atoms with Gasteiger partial charge in [0.25, 0.3) is 0 Å². The van der Waals surface area contributed by atoms with Gasteiger partial charge in [-0.2, -0.15) is 0 Å². The Labute approximate surface area is 110 Å². The fourth-order valence-corrected chi connectivity index (χ4v) is 2.08. The van der Waals surface area contributed by atoms with Crippen molar-refractivity contribution in [3.63, 3.8) is 0 Å². The molecule has 0 aliphatic carbocycles. The lowest BCUT2D eigenvalue weighted by atomic mass is 10.0. The molecular weight excluding hydrogens is 286 g/mol. The van der Waals surface area contributed by atoms with Gasteiger partial charge < -0.3 is 9.84 Å². The monoisotopic (exact) mass is 301 g/mol. The van der Waals surface area contributed by atoms with E-state index in [9.17, 15) is 4.79 Å². The molecule has 0 saturated carbocycles. The van der Waals surface area contributed by atoms with E-state index < -0.39 is 5.97 Å². The maximum absolute atomic E-state index is 10.9. The minimum absolute atomic E-state index is 0.0545. The van der Waals surface area contributed by atoms with E-state index >= 15 is 0 Å². The molecule has 1 unspecified atom stereocenters. The molecule has 5 heteroatoms. The third-order valence-electron chi connectivity index (χ3n) is 2.40. The number of methoxy groups -OCH3 is 1. The lowest BCUT2D eigenvalue weighted by molar-refractivity contribution is -0.138. The normalized spacial score (nSPS) is 12.6. The Kier molecular flexibility index (Phi) is 6.18. The van der Waals surface area contributed by atoms with Crippen molar-refractivity contribution in [2.75, 3.05) is 20.3 Å². The molecule has 0 saturated heterocycles. The summed E-state index contributed by atoms with van der Waals surface area (Å²) in [6.45, 7) is 1.18. The van der Waals surface area contributed by atoms with Crippen molar-refractivity contribution >= 4 is 22.1 Å². The molecule has 1 atom stereocenters. The second-order valence-corrected chi connectivity index (χ2v) is 4.55. The van der Waals surface area contributed by atoms with E-state index in [0.717, 1.165) is 5.56 Å². The van der Waals surface area contributed by atoms with Gasteiger partial charge in [0, 0.05) is 29.8 Å². The number of halogens is 1. The number of nitrogens with zero attached hydrogens (tertiary/aromatic N) is 1. The third-order valence-corrected chi connectivity index (χ3v) is 3.25. The first-order valence-electron chi connectivity index (χ1n) is 5.33. The number of carboxylic acids is 1. The van der Waals surface area contributed by atoms with Crippen molar-refractivity contribution in [3.05, 3.63) is 35.9 Å². The molecule has 1 aromatic rings. The summed E-state index contributed by atoms with van der Waals surface area (Å²) in [6, 6.07) is 9.38. The lowest BCUT2D eigenvalue weighted by Crippen LogP contribution is -2.25. The molecule has 94 valence electrons. The summed E-state index contributed by atoms with van der Waals surface area (Å²) < 4.78 is 6.80. The second kappa shape index (κ2) is 7.42. The molecule has 0 aliphatic rings. The fourth-order valence-electron chi connectivity index (χ4n) is 1.55. The van der Waals surface area contributed by atoms with Crippen molar-refractivity contribution in [2.24, 2.45) is 0 Å². The average Bonchev–Trinajstić information content (AvgIpc) is 2.34. The van der Waals surface area contributed by atoms with Gasteiger partial charge >= 0.3 is 5.97 Å². The SMILES string of the molecule is COCCN(Br)C(CC(=O)O)c1ccccc1. The highest BCUT2D eigenvalue weighted by atomic mass is 79.9. The molecule has 17 heavy (non-hydrogen) atoms. The third kappa shape index (κ3) is 4.85. The van der Waals surface area contributed by atoms with E-state index in [1.807, 2.05) is 34.3 Å². The second-order valence-electron chi connectivity index (χ2n) is 3.64. The van der Waals surface area contributed by atoms with Crippen LogP contribution < -0.4 is 0 Å². The first kappa shape index (κ1) is 14.2. The Hall–Kier alpha value is -0.910. The zero-order valence-corrected chi connectivity index (χ0v) is 11.3. The van der Waals surface area contributed by atoms with Gasteiger partial charge in [0.1, 0.15) is 0 Å². The summed E-state index contributed by atoms with van der Waals surface area (Å²) in [5, 5.41) is 8.94. The van der Waals surface area contributed by atoms with Crippen molar-refractivity contribution in [1.29, 1.82) is 0 Å². The summed E-state index contributed by atoms with van der Waals surface area (Å²) in [6.07, 6.45) is 0.0545. The van der Waals surface area contributed by atoms with Gasteiger partial charge in [-0.3, -0.25) is 4.79 Å². The van der Waals surface area contributed by atoms with Crippen LogP contribution in [-0.4, -0.2) is 35.3 Å². The highest BCUT2D eigenvalue weighted by Crippen LogP contribution is 2.26. The van der Waals surface area contributed by atoms with Crippen LogP contribution in [0.3, 0.4) is 0 Å². The number of ether oxygens (including phenoxy) is 1. The molecule has 1 N–H and O–H groups in total. The molecule has 1 rings (SSSR count). The van der Waals surface area contributed by atoms with E-state index in [2.05, 4.69) is 16.1 Å². The number of hydrogen-bond acceptors (Lipinski definition) is 3. The lowest BCUT2D eigenvalue weighted by Gasteiger charge is -2.24. The van der Waals surface area contributed by atoms with Crippen LogP contribution in [0, 0.1) is 0 Å². The molecule has 0 amide bonds. The zero-order valence-electron chi connectivity index (χ0n) is 9.67. The number of rotatable bonds is 7. The van der Waals surface area contributed by atoms with Crippen LogP contribution in [0.1, 0.15) is 18.0 Å². The van der Waals surface area contributed by atoms with Gasteiger partial charge in [0.15, 0.2) is 0 Å². The molecule has 0 heterocycles. The predicted molar refractivity (Wildman–Crippen MR) is 68.9 cm³/mol. The quantitative estimate of drug-likeness (QED) is 0.786. The van der Waals surface area contributed by atoms with Crippen molar-refractivity contribution in [1.82, 2.24) is 3.93 Å². The highest BCUT2D eigenvalue weighted by molar-refractivity contribution is 9.07. The van der Waals surface area contributed by atoms with E-state index in [4.69, 9.17) is 9.84 Å². The van der Waals surface area contributed by atoms with Crippen molar-refractivity contribution in [2.45, 2.75) is 12.5 Å². The minimum atomic E-state index is -0.819. The average molecular weight is 302 g/mol. The molecule has 1 aromatic carbocycles. The smallest absolute Gasteiger partial charge is 0.305 e. The van der Waals surface area contributed by atoms with Gasteiger partial charge in [-0.05, 0) is 5.56 Å². The summed E-state index contributed by atoms with van der Waals surface area (Å²) in [5.74, 6) is -0.819. The van der Waals surface area contributed by atoms with Gasteiger partial charge in [-0.25, -0.2) is 3.93 Å². The van der Waals surface area contributed by atoms with Crippen molar-refractivity contribution < 1.29 is 14.6 Å². The summed E-state index contributed by atoms with van der Waals surface area (Å²) >= 11 is 3.40. The molecule has 0 spiro atoms.